The molecule has 17 heavy (non-hydrogen) atoms. The van der Waals surface area contributed by atoms with Gasteiger partial charge in [0.05, 0.1) is 26.3 Å². The normalized spacial score (nSPS) is 10.7. The van der Waals surface area contributed by atoms with E-state index in [2.05, 4.69) is 4.74 Å². The topological polar surface area (TPSA) is 78.9 Å². The standard InChI is InChI=1S/C9H16F2N2O4/c1-2-17-9(16)12-8(15)6-13(3-4-14)5-7(10)11/h7,14H,2-6H2,1H3,(H,12,15,16). The zero-order chi connectivity index (χ0) is 13.3. The number of hydrogen-bond acceptors (Lipinski definition) is 5. The van der Waals surface area contributed by atoms with Crippen LogP contribution in [0, 0.1) is 0 Å². The number of nitrogens with one attached hydrogen (secondary N) is 1. The lowest BCUT2D eigenvalue weighted by molar-refractivity contribution is -0.122. The van der Waals surface area contributed by atoms with Gasteiger partial charge in [-0.2, -0.15) is 0 Å². The Hall–Kier alpha value is -1.28. The lowest BCUT2D eigenvalue weighted by atomic mass is 10.4. The molecule has 0 aromatic carbocycles. The van der Waals surface area contributed by atoms with Crippen molar-refractivity contribution in [2.45, 2.75) is 13.3 Å². The average molecular weight is 254 g/mol. The first-order valence-corrected chi connectivity index (χ1v) is 5.07. The molecule has 0 saturated heterocycles. The van der Waals surface area contributed by atoms with Crippen LogP contribution in [0.2, 0.25) is 0 Å². The molecule has 0 unspecified atom stereocenters. The van der Waals surface area contributed by atoms with Crippen LogP contribution < -0.4 is 5.32 Å². The van der Waals surface area contributed by atoms with Crippen molar-refractivity contribution >= 4 is 12.0 Å². The predicted molar refractivity (Wildman–Crippen MR) is 54.7 cm³/mol. The molecule has 8 heteroatoms. The lowest BCUT2D eigenvalue weighted by Gasteiger charge is -2.19. The molecule has 0 aromatic rings. The molecule has 2 amide bonds. The molecule has 0 aliphatic rings. The van der Waals surface area contributed by atoms with E-state index in [0.29, 0.717) is 0 Å². The highest BCUT2D eigenvalue weighted by atomic mass is 19.3. The Bertz CT molecular complexity index is 251. The minimum Gasteiger partial charge on any atom is -0.450 e. The van der Waals surface area contributed by atoms with Crippen LogP contribution in [0.4, 0.5) is 13.6 Å². The van der Waals surface area contributed by atoms with E-state index in [4.69, 9.17) is 5.11 Å². The van der Waals surface area contributed by atoms with Gasteiger partial charge in [0.15, 0.2) is 0 Å². The molecule has 0 spiro atoms. The summed E-state index contributed by atoms with van der Waals surface area (Å²) in [5.41, 5.74) is 0. The van der Waals surface area contributed by atoms with Gasteiger partial charge < -0.3 is 9.84 Å². The lowest BCUT2D eigenvalue weighted by Crippen LogP contribution is -2.42. The molecular formula is C9H16F2N2O4. The first-order valence-electron chi connectivity index (χ1n) is 5.07. The van der Waals surface area contributed by atoms with Gasteiger partial charge in [0.2, 0.25) is 5.91 Å². The van der Waals surface area contributed by atoms with Crippen molar-refractivity contribution in [3.8, 4) is 0 Å². The van der Waals surface area contributed by atoms with Crippen LogP contribution in [0.1, 0.15) is 6.92 Å². The third-order valence-electron chi connectivity index (χ3n) is 1.70. The minimum atomic E-state index is -2.61. The minimum absolute atomic E-state index is 0.0689. The summed E-state index contributed by atoms with van der Waals surface area (Å²) in [6.45, 7) is 0.218. The van der Waals surface area contributed by atoms with E-state index in [1.807, 2.05) is 5.32 Å². The van der Waals surface area contributed by atoms with Crippen LogP contribution in [0.25, 0.3) is 0 Å². The van der Waals surface area contributed by atoms with E-state index in [-0.39, 0.29) is 19.8 Å². The van der Waals surface area contributed by atoms with Crippen LogP contribution in [0.5, 0.6) is 0 Å². The van der Waals surface area contributed by atoms with Crippen molar-refractivity contribution in [3.05, 3.63) is 0 Å². The molecule has 0 atom stereocenters. The third-order valence-corrected chi connectivity index (χ3v) is 1.70. The van der Waals surface area contributed by atoms with Crippen molar-refractivity contribution in [1.29, 1.82) is 0 Å². The van der Waals surface area contributed by atoms with E-state index in [0.717, 1.165) is 4.90 Å². The van der Waals surface area contributed by atoms with Gasteiger partial charge in [-0.1, -0.05) is 0 Å². The molecule has 0 rings (SSSR count). The van der Waals surface area contributed by atoms with Gasteiger partial charge in [0.25, 0.3) is 6.43 Å². The monoisotopic (exact) mass is 254 g/mol. The summed E-state index contributed by atoms with van der Waals surface area (Å²) >= 11 is 0. The second kappa shape index (κ2) is 8.82. The summed E-state index contributed by atoms with van der Waals surface area (Å²) in [4.78, 5) is 23.1. The molecule has 0 aromatic heterocycles. The zero-order valence-corrected chi connectivity index (χ0v) is 9.49. The first-order chi connectivity index (χ1) is 7.99. The van der Waals surface area contributed by atoms with E-state index in [1.54, 1.807) is 6.92 Å². The molecule has 100 valence electrons. The Morgan fingerprint density at radius 3 is 2.59 bits per heavy atom. The van der Waals surface area contributed by atoms with E-state index in [1.165, 1.54) is 0 Å². The molecule has 0 fully saturated rings. The highest BCUT2D eigenvalue weighted by molar-refractivity contribution is 5.92. The third kappa shape index (κ3) is 8.52. The van der Waals surface area contributed by atoms with Crippen LogP contribution >= 0.6 is 0 Å². The highest BCUT2D eigenvalue weighted by Crippen LogP contribution is 1.97. The van der Waals surface area contributed by atoms with Gasteiger partial charge in [-0.25, -0.2) is 13.6 Å². The number of carbonyl (C=O) groups is 2. The maximum absolute atomic E-state index is 12.1. The molecule has 0 aliphatic heterocycles. The SMILES string of the molecule is CCOC(=O)NC(=O)CN(CCO)CC(F)F. The maximum Gasteiger partial charge on any atom is 0.413 e. The second-order valence-electron chi connectivity index (χ2n) is 3.12. The van der Waals surface area contributed by atoms with Crippen molar-refractivity contribution < 1.29 is 28.2 Å². The summed E-state index contributed by atoms with van der Waals surface area (Å²) in [7, 11) is 0. The van der Waals surface area contributed by atoms with Gasteiger partial charge >= 0.3 is 6.09 Å². The fraction of sp³-hybridized carbons (Fsp3) is 0.778. The number of rotatable bonds is 7. The number of hydrogen-bond donors (Lipinski definition) is 2. The van der Waals surface area contributed by atoms with E-state index in [9.17, 15) is 18.4 Å². The number of alkyl carbamates (subject to hydrolysis) is 1. The van der Waals surface area contributed by atoms with Crippen LogP contribution in [-0.4, -0.2) is 61.3 Å². The zero-order valence-electron chi connectivity index (χ0n) is 9.49. The summed E-state index contributed by atoms with van der Waals surface area (Å²) in [6.07, 6.45) is -3.53. The van der Waals surface area contributed by atoms with Crippen molar-refractivity contribution in [2.24, 2.45) is 0 Å². The number of halogens is 2. The number of alkyl halides is 2. The van der Waals surface area contributed by atoms with Gasteiger partial charge in [-0.15, -0.1) is 0 Å². The van der Waals surface area contributed by atoms with Crippen molar-refractivity contribution in [2.75, 3.05) is 32.8 Å². The van der Waals surface area contributed by atoms with Crippen LogP contribution in [-0.2, 0) is 9.53 Å². The van der Waals surface area contributed by atoms with Gasteiger partial charge in [0, 0.05) is 6.54 Å². The van der Waals surface area contributed by atoms with Gasteiger partial charge in [-0.3, -0.25) is 15.0 Å². The number of ether oxygens (including phenoxy) is 1. The molecule has 0 radical (unpaired) electrons. The van der Waals surface area contributed by atoms with E-state index >= 15 is 0 Å². The number of imide groups is 1. The molecule has 6 nitrogen and oxygen atoms in total. The predicted octanol–water partition coefficient (Wildman–Crippen LogP) is -0.182. The Balaban J connectivity index is 4.06. The quantitative estimate of drug-likeness (QED) is 0.659. The van der Waals surface area contributed by atoms with E-state index < -0.39 is 31.5 Å². The first kappa shape index (κ1) is 15.7. The summed E-state index contributed by atoms with van der Waals surface area (Å²) in [6, 6.07) is 0. The van der Waals surface area contributed by atoms with Crippen molar-refractivity contribution in [1.82, 2.24) is 10.2 Å². The largest absolute Gasteiger partial charge is 0.450 e. The summed E-state index contributed by atoms with van der Waals surface area (Å²) in [5.74, 6) is -0.752. The number of amides is 2. The number of carbonyl (C=O) groups excluding carboxylic acids is 2. The molecule has 0 saturated carbocycles. The Morgan fingerprint density at radius 2 is 2.12 bits per heavy atom. The second-order valence-corrected chi connectivity index (χ2v) is 3.12. The highest BCUT2D eigenvalue weighted by Gasteiger charge is 2.16. The summed E-state index contributed by atoms with van der Waals surface area (Å²) < 4.78 is 28.6. The molecule has 0 bridgehead atoms. The Kier molecular flexibility index (Phi) is 8.16. The maximum atomic E-state index is 12.1. The molecule has 0 aliphatic carbocycles. The van der Waals surface area contributed by atoms with Crippen molar-refractivity contribution in [3.63, 3.8) is 0 Å². The van der Waals surface area contributed by atoms with Gasteiger partial charge in [-0.05, 0) is 6.92 Å². The Morgan fingerprint density at radius 1 is 1.47 bits per heavy atom. The number of nitrogens with zero attached hydrogens (tertiary/aromatic N) is 1. The number of aliphatic hydroxyl groups excluding tert-OH is 1. The summed E-state index contributed by atoms with van der Waals surface area (Å²) in [5, 5.41) is 10.5. The molecular weight excluding hydrogens is 238 g/mol. The molecule has 0 heterocycles. The Labute approximate surface area is 97.5 Å². The number of aliphatic hydroxyl groups is 1. The fourth-order valence-corrected chi connectivity index (χ4v) is 1.10. The van der Waals surface area contributed by atoms with Crippen LogP contribution in [0.15, 0.2) is 0 Å². The van der Waals surface area contributed by atoms with Gasteiger partial charge in [0.1, 0.15) is 0 Å². The smallest absolute Gasteiger partial charge is 0.413 e. The van der Waals surface area contributed by atoms with Crippen LogP contribution in [0.3, 0.4) is 0 Å². The fourth-order valence-electron chi connectivity index (χ4n) is 1.10. The average Bonchev–Trinajstić information content (AvgIpc) is 2.16. The molecule has 2 N–H and O–H groups in total.